The molecule has 180 valence electrons. The summed E-state index contributed by atoms with van der Waals surface area (Å²) >= 11 is 0. The summed E-state index contributed by atoms with van der Waals surface area (Å²) in [6.45, 7) is 9.94. The van der Waals surface area contributed by atoms with Crippen molar-refractivity contribution in [1.29, 1.82) is 0 Å². The van der Waals surface area contributed by atoms with Crippen molar-refractivity contribution >= 4 is 12.0 Å². The van der Waals surface area contributed by atoms with Gasteiger partial charge in [0.15, 0.2) is 0 Å². The molecule has 0 saturated carbocycles. The number of likely N-dealkylation sites (tertiary alicyclic amines) is 1. The molecule has 0 atom stereocenters. The van der Waals surface area contributed by atoms with Gasteiger partial charge in [-0.05, 0) is 59.1 Å². The molecule has 0 spiro atoms. The van der Waals surface area contributed by atoms with Crippen LogP contribution >= 0.6 is 0 Å². The van der Waals surface area contributed by atoms with Gasteiger partial charge in [-0.1, -0.05) is 17.7 Å². The van der Waals surface area contributed by atoms with Crippen molar-refractivity contribution in [2.24, 2.45) is 0 Å². The van der Waals surface area contributed by atoms with E-state index >= 15 is 0 Å². The fourth-order valence-electron chi connectivity index (χ4n) is 3.99. The zero-order valence-corrected chi connectivity index (χ0v) is 20.4. The molecule has 2 aromatic rings. The van der Waals surface area contributed by atoms with E-state index in [2.05, 4.69) is 10.4 Å². The number of hydrogen-bond acceptors (Lipinski definition) is 5. The number of nitrogens with zero attached hydrogens (tertiary/aromatic N) is 3. The average Bonchev–Trinajstić information content (AvgIpc) is 3.21. The number of piperidine rings is 1. The largest absolute Gasteiger partial charge is 0.444 e. The van der Waals surface area contributed by atoms with Crippen molar-refractivity contribution in [2.45, 2.75) is 58.5 Å². The molecule has 8 heteroatoms. The molecule has 1 aliphatic heterocycles. The highest BCUT2D eigenvalue weighted by Crippen LogP contribution is 2.32. The zero-order chi connectivity index (χ0) is 24.0. The number of carbonyl (C=O) groups excluding carboxylic acids is 2. The van der Waals surface area contributed by atoms with E-state index in [9.17, 15) is 9.59 Å². The number of carbonyl (C=O) groups is 2. The standard InChI is InChI=1S/C25H36N4O4/c1-18-7-9-20(10-8-18)29-22(21(17-27-29)23(30)26-13-6-16-32-5)19-11-14-28(15-12-19)24(31)33-25(2,3)4/h7-10,17,19H,6,11-16H2,1-5H3,(H,26,30). The van der Waals surface area contributed by atoms with Gasteiger partial charge in [0.2, 0.25) is 0 Å². The van der Waals surface area contributed by atoms with E-state index in [1.807, 2.05) is 56.6 Å². The molecule has 1 N–H and O–H groups in total. The van der Waals surface area contributed by atoms with Gasteiger partial charge in [-0.2, -0.15) is 5.10 Å². The Balaban J connectivity index is 1.81. The number of hydrogen-bond donors (Lipinski definition) is 1. The molecule has 0 aliphatic carbocycles. The third-order valence-electron chi connectivity index (χ3n) is 5.67. The summed E-state index contributed by atoms with van der Waals surface area (Å²) in [5.41, 5.74) is 3.04. The van der Waals surface area contributed by atoms with Crippen LogP contribution in [0.3, 0.4) is 0 Å². The van der Waals surface area contributed by atoms with Gasteiger partial charge in [-0.15, -0.1) is 0 Å². The molecular formula is C25H36N4O4. The molecule has 3 rings (SSSR count). The second kappa shape index (κ2) is 10.8. The van der Waals surface area contributed by atoms with E-state index in [1.54, 1.807) is 18.2 Å². The molecular weight excluding hydrogens is 420 g/mol. The van der Waals surface area contributed by atoms with Crippen molar-refractivity contribution < 1.29 is 19.1 Å². The van der Waals surface area contributed by atoms with Crippen molar-refractivity contribution in [1.82, 2.24) is 20.0 Å². The highest BCUT2D eigenvalue weighted by Gasteiger charge is 2.32. The summed E-state index contributed by atoms with van der Waals surface area (Å²) in [4.78, 5) is 27.2. The van der Waals surface area contributed by atoms with Gasteiger partial charge in [0, 0.05) is 39.3 Å². The van der Waals surface area contributed by atoms with E-state index in [4.69, 9.17) is 9.47 Å². The number of rotatable bonds is 7. The number of aryl methyl sites for hydroxylation is 1. The van der Waals surface area contributed by atoms with Crippen LogP contribution in [0, 0.1) is 6.92 Å². The lowest BCUT2D eigenvalue weighted by Crippen LogP contribution is -2.41. The van der Waals surface area contributed by atoms with Gasteiger partial charge >= 0.3 is 6.09 Å². The topological polar surface area (TPSA) is 85.7 Å². The summed E-state index contributed by atoms with van der Waals surface area (Å²) in [6.07, 6.45) is 3.59. The Bertz CT molecular complexity index is 938. The van der Waals surface area contributed by atoms with E-state index < -0.39 is 5.60 Å². The van der Waals surface area contributed by atoms with E-state index in [-0.39, 0.29) is 17.9 Å². The molecule has 1 aromatic heterocycles. The van der Waals surface area contributed by atoms with Crippen molar-refractivity contribution in [3.05, 3.63) is 47.3 Å². The normalized spacial score (nSPS) is 14.9. The lowest BCUT2D eigenvalue weighted by Gasteiger charge is -2.34. The van der Waals surface area contributed by atoms with E-state index in [1.165, 1.54) is 0 Å². The number of amides is 2. The SMILES string of the molecule is COCCCNC(=O)c1cnn(-c2ccc(C)cc2)c1C1CCN(C(=O)OC(C)(C)C)CC1. The fourth-order valence-corrected chi connectivity index (χ4v) is 3.99. The molecule has 1 aromatic carbocycles. The number of aromatic nitrogens is 2. The number of benzene rings is 1. The fraction of sp³-hybridized carbons (Fsp3) is 0.560. The molecule has 8 nitrogen and oxygen atoms in total. The van der Waals surface area contributed by atoms with E-state index in [0.717, 1.165) is 36.2 Å². The van der Waals surface area contributed by atoms with Gasteiger partial charge in [0.25, 0.3) is 5.91 Å². The lowest BCUT2D eigenvalue weighted by molar-refractivity contribution is 0.0203. The molecule has 2 amide bonds. The van der Waals surface area contributed by atoms with Gasteiger partial charge in [-0.25, -0.2) is 9.48 Å². The van der Waals surface area contributed by atoms with E-state index in [0.29, 0.717) is 31.8 Å². The van der Waals surface area contributed by atoms with Crippen molar-refractivity contribution in [3.8, 4) is 5.69 Å². The maximum absolute atomic E-state index is 13.0. The van der Waals surface area contributed by atoms with Crippen LogP contribution in [-0.2, 0) is 9.47 Å². The first kappa shape index (κ1) is 24.8. The Hall–Kier alpha value is -2.87. The van der Waals surface area contributed by atoms with Crippen LogP contribution < -0.4 is 5.32 Å². The zero-order valence-electron chi connectivity index (χ0n) is 20.4. The highest BCUT2D eigenvalue weighted by atomic mass is 16.6. The highest BCUT2D eigenvalue weighted by molar-refractivity contribution is 5.95. The van der Waals surface area contributed by atoms with Crippen molar-refractivity contribution in [3.63, 3.8) is 0 Å². The second-order valence-electron chi connectivity index (χ2n) is 9.53. The summed E-state index contributed by atoms with van der Waals surface area (Å²) in [7, 11) is 1.65. The Morgan fingerprint density at radius 1 is 1.15 bits per heavy atom. The summed E-state index contributed by atoms with van der Waals surface area (Å²) < 4.78 is 12.5. The van der Waals surface area contributed by atoms with Gasteiger partial charge in [0.05, 0.1) is 23.1 Å². The number of ether oxygens (including phenoxy) is 2. The molecule has 0 radical (unpaired) electrons. The minimum absolute atomic E-state index is 0.104. The molecule has 0 bridgehead atoms. The average molecular weight is 457 g/mol. The lowest BCUT2D eigenvalue weighted by atomic mass is 9.91. The van der Waals surface area contributed by atoms with Crippen LogP contribution in [0.2, 0.25) is 0 Å². The monoisotopic (exact) mass is 456 g/mol. The Morgan fingerprint density at radius 2 is 1.82 bits per heavy atom. The maximum atomic E-state index is 13.0. The number of nitrogens with one attached hydrogen (secondary N) is 1. The first-order valence-electron chi connectivity index (χ1n) is 11.6. The van der Waals surface area contributed by atoms with Gasteiger partial charge in [-0.3, -0.25) is 4.79 Å². The first-order chi connectivity index (χ1) is 15.7. The molecule has 1 aliphatic rings. The first-order valence-corrected chi connectivity index (χ1v) is 11.6. The van der Waals surface area contributed by atoms with Crippen LogP contribution in [0.25, 0.3) is 5.69 Å². The molecule has 2 heterocycles. The Kier molecular flexibility index (Phi) is 8.13. The third-order valence-corrected chi connectivity index (χ3v) is 5.67. The maximum Gasteiger partial charge on any atom is 0.410 e. The second-order valence-corrected chi connectivity index (χ2v) is 9.53. The predicted molar refractivity (Wildman–Crippen MR) is 127 cm³/mol. The van der Waals surface area contributed by atoms with Gasteiger partial charge < -0.3 is 19.7 Å². The molecule has 0 unspecified atom stereocenters. The number of methoxy groups -OCH3 is 1. The Morgan fingerprint density at radius 3 is 2.42 bits per heavy atom. The van der Waals surface area contributed by atoms with Crippen LogP contribution in [0.15, 0.2) is 30.5 Å². The molecule has 33 heavy (non-hydrogen) atoms. The van der Waals surface area contributed by atoms with Gasteiger partial charge in [0.1, 0.15) is 5.60 Å². The van der Waals surface area contributed by atoms with Crippen LogP contribution in [0.1, 0.15) is 67.6 Å². The predicted octanol–water partition coefficient (Wildman–Crippen LogP) is 4.06. The summed E-state index contributed by atoms with van der Waals surface area (Å²) in [6, 6.07) is 8.11. The van der Waals surface area contributed by atoms with Crippen LogP contribution in [-0.4, -0.2) is 65.6 Å². The molecule has 1 saturated heterocycles. The minimum Gasteiger partial charge on any atom is -0.444 e. The third kappa shape index (κ3) is 6.57. The summed E-state index contributed by atoms with van der Waals surface area (Å²) in [5.74, 6) is -0.0266. The van der Waals surface area contributed by atoms with Crippen molar-refractivity contribution in [2.75, 3.05) is 33.4 Å². The van der Waals surface area contributed by atoms with Crippen LogP contribution in [0.5, 0.6) is 0 Å². The van der Waals surface area contributed by atoms with Crippen LogP contribution in [0.4, 0.5) is 4.79 Å². The Labute approximate surface area is 196 Å². The molecule has 1 fully saturated rings. The smallest absolute Gasteiger partial charge is 0.410 e. The minimum atomic E-state index is -0.522. The summed E-state index contributed by atoms with van der Waals surface area (Å²) in [5, 5.41) is 7.57. The quantitative estimate of drug-likeness (QED) is 0.635.